The van der Waals surface area contributed by atoms with Gasteiger partial charge in [-0.15, -0.1) is 0 Å². The molecule has 0 bridgehead atoms. The van der Waals surface area contributed by atoms with Gasteiger partial charge < -0.3 is 9.47 Å². The smallest absolute Gasteiger partial charge is 0.309 e. The lowest BCUT2D eigenvalue weighted by Crippen LogP contribution is -2.41. The molecule has 2 aliphatic heterocycles. The van der Waals surface area contributed by atoms with Crippen LogP contribution in [-0.4, -0.2) is 24.1 Å². The zero-order valence-electron chi connectivity index (χ0n) is 16.7. The molecule has 8 atom stereocenters. The van der Waals surface area contributed by atoms with Gasteiger partial charge in [0.05, 0.1) is 11.8 Å². The standard InChI is InChI=1S/2C10H18O2/c2*1-5-9-7(3)6(2)8(4)10(11)12-9/h2*6-9H,5H2,1-4H3/t6-,7-,8+,9+;6-,7-,8+,9-/m00/s1. The summed E-state index contributed by atoms with van der Waals surface area (Å²) in [6.07, 6.45) is 2.15. The van der Waals surface area contributed by atoms with Crippen LogP contribution in [0.3, 0.4) is 0 Å². The molecule has 0 aromatic carbocycles. The number of ether oxygens (including phenoxy) is 2. The van der Waals surface area contributed by atoms with E-state index in [9.17, 15) is 9.59 Å². The lowest BCUT2D eigenvalue weighted by molar-refractivity contribution is -0.170. The molecule has 2 fully saturated rings. The minimum atomic E-state index is -0.0209. The van der Waals surface area contributed by atoms with Crippen molar-refractivity contribution in [3.8, 4) is 0 Å². The Labute approximate surface area is 147 Å². The van der Waals surface area contributed by atoms with Crippen LogP contribution >= 0.6 is 0 Å². The van der Waals surface area contributed by atoms with Crippen molar-refractivity contribution in [2.45, 2.75) is 80.4 Å². The zero-order chi connectivity index (χ0) is 18.6. The van der Waals surface area contributed by atoms with Crippen LogP contribution < -0.4 is 0 Å². The molecule has 2 heterocycles. The van der Waals surface area contributed by atoms with Crippen LogP contribution in [-0.2, 0) is 19.1 Å². The predicted octanol–water partition coefficient (Wildman–Crippen LogP) is 4.46. The van der Waals surface area contributed by atoms with Gasteiger partial charge >= 0.3 is 11.9 Å². The predicted molar refractivity (Wildman–Crippen MR) is 95.3 cm³/mol. The Balaban J connectivity index is 0.000000240. The van der Waals surface area contributed by atoms with Gasteiger partial charge in [-0.1, -0.05) is 55.4 Å². The minimum absolute atomic E-state index is 0.0209. The summed E-state index contributed by atoms with van der Waals surface area (Å²) in [6.45, 7) is 16.7. The van der Waals surface area contributed by atoms with E-state index in [-0.39, 0.29) is 36.0 Å². The monoisotopic (exact) mass is 340 g/mol. The van der Waals surface area contributed by atoms with Crippen LogP contribution in [0.15, 0.2) is 0 Å². The molecular weight excluding hydrogens is 304 g/mol. The molecule has 4 nitrogen and oxygen atoms in total. The highest BCUT2D eigenvalue weighted by molar-refractivity contribution is 5.73. The summed E-state index contributed by atoms with van der Waals surface area (Å²) in [7, 11) is 0. The van der Waals surface area contributed by atoms with Crippen LogP contribution in [0.5, 0.6) is 0 Å². The molecule has 0 aromatic heterocycles. The molecule has 0 aromatic rings. The van der Waals surface area contributed by atoms with E-state index in [1.54, 1.807) is 0 Å². The molecule has 0 aliphatic carbocycles. The van der Waals surface area contributed by atoms with Gasteiger partial charge in [-0.25, -0.2) is 0 Å². The van der Waals surface area contributed by atoms with Gasteiger partial charge in [-0.3, -0.25) is 9.59 Å². The number of hydrogen-bond acceptors (Lipinski definition) is 4. The van der Waals surface area contributed by atoms with Crippen LogP contribution in [0.4, 0.5) is 0 Å². The van der Waals surface area contributed by atoms with E-state index in [2.05, 4.69) is 41.5 Å². The number of carbonyl (C=O) groups excluding carboxylic acids is 2. The summed E-state index contributed by atoms with van der Waals surface area (Å²) in [5.74, 6) is 2.02. The Morgan fingerprint density at radius 1 is 0.625 bits per heavy atom. The third-order valence-electron chi connectivity index (χ3n) is 6.49. The Bertz CT molecular complexity index is 389. The first kappa shape index (κ1) is 21.0. The molecule has 0 N–H and O–H groups in total. The second-order valence-electron chi connectivity index (χ2n) is 7.78. The fourth-order valence-electron chi connectivity index (χ4n) is 3.66. The average molecular weight is 341 g/mol. The Morgan fingerprint density at radius 2 is 0.917 bits per heavy atom. The van der Waals surface area contributed by atoms with Crippen LogP contribution in [0, 0.1) is 35.5 Å². The molecule has 2 saturated heterocycles. The Hall–Kier alpha value is -1.06. The second kappa shape index (κ2) is 8.87. The van der Waals surface area contributed by atoms with Gasteiger partial charge in [-0.05, 0) is 36.5 Å². The Kier molecular flexibility index (Phi) is 7.75. The topological polar surface area (TPSA) is 52.6 Å². The van der Waals surface area contributed by atoms with Crippen molar-refractivity contribution in [2.24, 2.45) is 35.5 Å². The van der Waals surface area contributed by atoms with E-state index in [0.29, 0.717) is 23.7 Å². The zero-order valence-corrected chi connectivity index (χ0v) is 16.7. The fourth-order valence-corrected chi connectivity index (χ4v) is 3.66. The first-order valence-corrected chi connectivity index (χ1v) is 9.56. The molecule has 0 amide bonds. The van der Waals surface area contributed by atoms with Gasteiger partial charge in [0.25, 0.3) is 0 Å². The Morgan fingerprint density at radius 3 is 1.17 bits per heavy atom. The molecule has 0 spiro atoms. The molecule has 24 heavy (non-hydrogen) atoms. The summed E-state index contributed by atoms with van der Waals surface area (Å²) >= 11 is 0. The van der Waals surface area contributed by atoms with E-state index in [1.807, 2.05) is 13.8 Å². The van der Waals surface area contributed by atoms with Gasteiger partial charge in [0.2, 0.25) is 0 Å². The highest BCUT2D eigenvalue weighted by Crippen LogP contribution is 2.33. The van der Waals surface area contributed by atoms with E-state index in [1.165, 1.54) is 0 Å². The average Bonchev–Trinajstić information content (AvgIpc) is 2.58. The van der Waals surface area contributed by atoms with Crippen molar-refractivity contribution in [2.75, 3.05) is 0 Å². The molecule has 4 heteroatoms. The summed E-state index contributed by atoms with van der Waals surface area (Å²) in [4.78, 5) is 22.6. The van der Waals surface area contributed by atoms with Crippen molar-refractivity contribution >= 4 is 11.9 Å². The molecule has 0 unspecified atom stereocenters. The molecule has 140 valence electrons. The van der Waals surface area contributed by atoms with Crippen molar-refractivity contribution in [3.63, 3.8) is 0 Å². The maximum atomic E-state index is 11.3. The number of cyclic esters (lactones) is 2. The van der Waals surface area contributed by atoms with Crippen LogP contribution in [0.2, 0.25) is 0 Å². The summed E-state index contributed by atoms with van der Waals surface area (Å²) in [5, 5.41) is 0. The van der Waals surface area contributed by atoms with Gasteiger partial charge in [0.15, 0.2) is 0 Å². The lowest BCUT2D eigenvalue weighted by Gasteiger charge is -2.36. The van der Waals surface area contributed by atoms with Gasteiger partial charge in [0.1, 0.15) is 12.2 Å². The number of carbonyl (C=O) groups is 2. The maximum Gasteiger partial charge on any atom is 0.309 e. The third kappa shape index (κ3) is 4.52. The quantitative estimate of drug-likeness (QED) is 0.696. The highest BCUT2D eigenvalue weighted by atomic mass is 16.5. The summed E-state index contributed by atoms with van der Waals surface area (Å²) < 4.78 is 10.6. The fraction of sp³-hybridized carbons (Fsp3) is 0.900. The molecule has 0 saturated carbocycles. The number of esters is 2. The highest BCUT2D eigenvalue weighted by Gasteiger charge is 2.38. The van der Waals surface area contributed by atoms with E-state index >= 15 is 0 Å². The lowest BCUT2D eigenvalue weighted by atomic mass is 9.79. The maximum absolute atomic E-state index is 11.3. The summed E-state index contributed by atoms with van der Waals surface area (Å²) in [6, 6.07) is 0. The summed E-state index contributed by atoms with van der Waals surface area (Å²) in [5.41, 5.74) is 0. The van der Waals surface area contributed by atoms with Crippen molar-refractivity contribution in [3.05, 3.63) is 0 Å². The molecule has 2 rings (SSSR count). The molecule has 2 aliphatic rings. The second-order valence-corrected chi connectivity index (χ2v) is 7.78. The largest absolute Gasteiger partial charge is 0.462 e. The SMILES string of the molecule is CC[C@@H]1OC(=O)[C@H](C)[C@@H](C)[C@@H]1C.CC[C@H]1OC(=O)[C@H](C)[C@@H](C)[C@@H]1C. The van der Waals surface area contributed by atoms with Gasteiger partial charge in [-0.2, -0.15) is 0 Å². The van der Waals surface area contributed by atoms with Gasteiger partial charge in [0, 0.05) is 0 Å². The van der Waals surface area contributed by atoms with Crippen LogP contribution in [0.25, 0.3) is 0 Å². The van der Waals surface area contributed by atoms with Crippen molar-refractivity contribution in [1.29, 1.82) is 0 Å². The normalized spacial score (nSPS) is 42.5. The van der Waals surface area contributed by atoms with E-state index in [0.717, 1.165) is 12.8 Å². The molecular formula is C20H36O4. The third-order valence-corrected chi connectivity index (χ3v) is 6.49. The minimum Gasteiger partial charge on any atom is -0.462 e. The first-order valence-electron chi connectivity index (χ1n) is 9.56. The number of rotatable bonds is 2. The van der Waals surface area contributed by atoms with E-state index < -0.39 is 0 Å². The van der Waals surface area contributed by atoms with E-state index in [4.69, 9.17) is 9.47 Å². The van der Waals surface area contributed by atoms with Crippen LogP contribution in [0.1, 0.15) is 68.2 Å². The molecule has 0 radical (unpaired) electrons. The van der Waals surface area contributed by atoms with Crippen molar-refractivity contribution < 1.29 is 19.1 Å². The first-order chi connectivity index (χ1) is 11.1. The number of hydrogen-bond donors (Lipinski definition) is 0. The van der Waals surface area contributed by atoms with Crippen molar-refractivity contribution in [1.82, 2.24) is 0 Å².